The van der Waals surface area contributed by atoms with E-state index in [0.29, 0.717) is 6.04 Å². The number of carbonyl (C=O) groups excluding carboxylic acids is 1. The Morgan fingerprint density at radius 1 is 1.30 bits per heavy atom. The lowest BCUT2D eigenvalue weighted by Gasteiger charge is -2.14. The number of ketones is 1. The lowest BCUT2D eigenvalue weighted by molar-refractivity contribution is -0.118. The standard InChI is InChI=1S/C17H24N2O/c1-5-18-16(13(4)20)10-14-11-19(12(2)3)17-9-7-6-8-15(14)17/h6-9,11-12,16,18H,5,10H2,1-4H3. The third kappa shape index (κ3) is 2.93. The van der Waals surface area contributed by atoms with Gasteiger partial charge in [-0.05, 0) is 45.4 Å². The van der Waals surface area contributed by atoms with E-state index in [1.165, 1.54) is 16.5 Å². The van der Waals surface area contributed by atoms with Crippen molar-refractivity contribution >= 4 is 16.7 Å². The Hall–Kier alpha value is -1.61. The van der Waals surface area contributed by atoms with E-state index in [2.05, 4.69) is 54.2 Å². The van der Waals surface area contributed by atoms with Crippen LogP contribution in [0.1, 0.15) is 39.3 Å². The van der Waals surface area contributed by atoms with E-state index in [-0.39, 0.29) is 11.8 Å². The van der Waals surface area contributed by atoms with Gasteiger partial charge in [-0.25, -0.2) is 0 Å². The van der Waals surface area contributed by atoms with Crippen LogP contribution in [0.3, 0.4) is 0 Å². The Labute approximate surface area is 121 Å². The molecule has 1 atom stereocenters. The fraction of sp³-hybridized carbons (Fsp3) is 0.471. The van der Waals surface area contributed by atoms with Gasteiger partial charge >= 0.3 is 0 Å². The molecule has 0 radical (unpaired) electrons. The summed E-state index contributed by atoms with van der Waals surface area (Å²) in [6, 6.07) is 8.75. The molecular weight excluding hydrogens is 248 g/mol. The zero-order valence-corrected chi connectivity index (χ0v) is 12.8. The Bertz CT molecular complexity index is 598. The number of aromatic nitrogens is 1. The maximum Gasteiger partial charge on any atom is 0.147 e. The molecule has 0 aliphatic rings. The van der Waals surface area contributed by atoms with Gasteiger partial charge < -0.3 is 9.88 Å². The molecule has 0 spiro atoms. The van der Waals surface area contributed by atoms with Crippen molar-refractivity contribution in [1.82, 2.24) is 9.88 Å². The van der Waals surface area contributed by atoms with Crippen molar-refractivity contribution in [3.63, 3.8) is 0 Å². The van der Waals surface area contributed by atoms with Gasteiger partial charge in [0.1, 0.15) is 5.78 Å². The minimum Gasteiger partial charge on any atom is -0.345 e. The molecule has 0 aliphatic heterocycles. The highest BCUT2D eigenvalue weighted by Gasteiger charge is 2.17. The van der Waals surface area contributed by atoms with E-state index in [0.717, 1.165) is 13.0 Å². The second kappa shape index (κ2) is 6.23. The van der Waals surface area contributed by atoms with Crippen LogP contribution in [-0.2, 0) is 11.2 Å². The lowest BCUT2D eigenvalue weighted by Crippen LogP contribution is -2.37. The number of rotatable bonds is 6. The monoisotopic (exact) mass is 272 g/mol. The molecule has 0 saturated carbocycles. The van der Waals surface area contributed by atoms with Crippen LogP contribution in [0.5, 0.6) is 0 Å². The first-order chi connectivity index (χ1) is 9.54. The van der Waals surface area contributed by atoms with Gasteiger partial charge in [-0.1, -0.05) is 25.1 Å². The first-order valence-electron chi connectivity index (χ1n) is 7.36. The van der Waals surface area contributed by atoms with Crippen molar-refractivity contribution in [3.05, 3.63) is 36.0 Å². The molecule has 2 rings (SSSR count). The summed E-state index contributed by atoms with van der Waals surface area (Å²) >= 11 is 0. The number of nitrogens with zero attached hydrogens (tertiary/aromatic N) is 1. The fourth-order valence-electron chi connectivity index (χ4n) is 2.69. The van der Waals surface area contributed by atoms with Gasteiger partial charge in [0.15, 0.2) is 0 Å². The van der Waals surface area contributed by atoms with Gasteiger partial charge in [-0.3, -0.25) is 4.79 Å². The molecular formula is C17H24N2O. The summed E-state index contributed by atoms with van der Waals surface area (Å²) in [5.41, 5.74) is 2.49. The van der Waals surface area contributed by atoms with Crippen molar-refractivity contribution in [1.29, 1.82) is 0 Å². The summed E-state index contributed by atoms with van der Waals surface area (Å²) in [7, 11) is 0. The number of carbonyl (C=O) groups is 1. The number of para-hydroxylation sites is 1. The summed E-state index contributed by atoms with van der Waals surface area (Å²) in [6.07, 6.45) is 2.95. The number of benzene rings is 1. The van der Waals surface area contributed by atoms with Crippen LogP contribution >= 0.6 is 0 Å². The van der Waals surface area contributed by atoms with Crippen LogP contribution in [0.4, 0.5) is 0 Å². The van der Waals surface area contributed by atoms with E-state index < -0.39 is 0 Å². The Balaban J connectivity index is 2.41. The zero-order valence-electron chi connectivity index (χ0n) is 12.8. The number of hydrogen-bond acceptors (Lipinski definition) is 2. The summed E-state index contributed by atoms with van der Waals surface area (Å²) in [4.78, 5) is 11.7. The highest BCUT2D eigenvalue weighted by Crippen LogP contribution is 2.25. The van der Waals surface area contributed by atoms with E-state index in [9.17, 15) is 4.79 Å². The summed E-state index contributed by atoms with van der Waals surface area (Å²) in [5.74, 6) is 0.202. The molecule has 0 amide bonds. The molecule has 108 valence electrons. The average Bonchev–Trinajstić information content (AvgIpc) is 2.77. The highest BCUT2D eigenvalue weighted by atomic mass is 16.1. The maximum absolute atomic E-state index is 11.7. The summed E-state index contributed by atoms with van der Waals surface area (Å²) < 4.78 is 2.29. The molecule has 1 N–H and O–H groups in total. The number of fused-ring (bicyclic) bond motifs is 1. The predicted octanol–water partition coefficient (Wildman–Crippen LogP) is 3.33. The van der Waals surface area contributed by atoms with Crippen LogP contribution in [0.25, 0.3) is 10.9 Å². The molecule has 0 bridgehead atoms. The lowest BCUT2D eigenvalue weighted by atomic mass is 10.0. The SMILES string of the molecule is CCNC(Cc1cn(C(C)C)c2ccccc12)C(C)=O. The zero-order chi connectivity index (χ0) is 14.7. The Kier molecular flexibility index (Phi) is 4.61. The number of nitrogens with one attached hydrogen (secondary N) is 1. The van der Waals surface area contributed by atoms with E-state index in [1.807, 2.05) is 6.92 Å². The molecule has 0 saturated heterocycles. The normalized spacial score (nSPS) is 13.1. The minimum absolute atomic E-state index is 0.0913. The Morgan fingerprint density at radius 3 is 2.60 bits per heavy atom. The molecule has 1 aromatic carbocycles. The van der Waals surface area contributed by atoms with Gasteiger partial charge in [0.25, 0.3) is 0 Å². The van der Waals surface area contributed by atoms with E-state index >= 15 is 0 Å². The van der Waals surface area contributed by atoms with Crippen molar-refractivity contribution < 1.29 is 4.79 Å². The summed E-state index contributed by atoms with van der Waals surface area (Å²) in [5, 5.41) is 4.53. The maximum atomic E-state index is 11.7. The second-order valence-electron chi connectivity index (χ2n) is 5.60. The molecule has 0 fully saturated rings. The van der Waals surface area contributed by atoms with Gasteiger partial charge in [-0.15, -0.1) is 0 Å². The Morgan fingerprint density at radius 2 is 2.00 bits per heavy atom. The van der Waals surface area contributed by atoms with Crippen molar-refractivity contribution in [2.24, 2.45) is 0 Å². The number of likely N-dealkylation sites (N-methyl/N-ethyl adjacent to an activating group) is 1. The van der Waals surface area contributed by atoms with Crippen LogP contribution in [-0.4, -0.2) is 22.9 Å². The van der Waals surface area contributed by atoms with Crippen molar-refractivity contribution in [3.8, 4) is 0 Å². The molecule has 1 unspecified atom stereocenters. The molecule has 0 aliphatic carbocycles. The van der Waals surface area contributed by atoms with Gasteiger partial charge in [0, 0.05) is 23.1 Å². The van der Waals surface area contributed by atoms with E-state index in [1.54, 1.807) is 6.92 Å². The first kappa shape index (κ1) is 14.8. The fourth-order valence-corrected chi connectivity index (χ4v) is 2.69. The number of Topliss-reactive ketones (excluding diaryl/α,β-unsaturated/α-hetero) is 1. The largest absolute Gasteiger partial charge is 0.345 e. The van der Waals surface area contributed by atoms with Crippen LogP contribution in [0.15, 0.2) is 30.5 Å². The van der Waals surface area contributed by atoms with Crippen LogP contribution < -0.4 is 5.32 Å². The van der Waals surface area contributed by atoms with Crippen molar-refractivity contribution in [2.45, 2.75) is 46.2 Å². The van der Waals surface area contributed by atoms with Crippen molar-refractivity contribution in [2.75, 3.05) is 6.54 Å². The second-order valence-corrected chi connectivity index (χ2v) is 5.60. The van der Waals surface area contributed by atoms with Gasteiger partial charge in [-0.2, -0.15) is 0 Å². The third-order valence-corrected chi connectivity index (χ3v) is 3.74. The van der Waals surface area contributed by atoms with E-state index in [4.69, 9.17) is 0 Å². The minimum atomic E-state index is -0.0913. The number of hydrogen-bond donors (Lipinski definition) is 1. The van der Waals surface area contributed by atoms with Gasteiger partial charge in [0.2, 0.25) is 0 Å². The molecule has 3 nitrogen and oxygen atoms in total. The summed E-state index contributed by atoms with van der Waals surface area (Å²) in [6.45, 7) is 8.88. The van der Waals surface area contributed by atoms with Crippen LogP contribution in [0.2, 0.25) is 0 Å². The smallest absolute Gasteiger partial charge is 0.147 e. The van der Waals surface area contributed by atoms with Crippen LogP contribution in [0, 0.1) is 0 Å². The molecule has 3 heteroatoms. The molecule has 1 aromatic heterocycles. The predicted molar refractivity (Wildman–Crippen MR) is 84.2 cm³/mol. The quantitative estimate of drug-likeness (QED) is 0.875. The topological polar surface area (TPSA) is 34.0 Å². The van der Waals surface area contributed by atoms with Gasteiger partial charge in [0.05, 0.1) is 6.04 Å². The average molecular weight is 272 g/mol. The third-order valence-electron chi connectivity index (χ3n) is 3.74. The first-order valence-corrected chi connectivity index (χ1v) is 7.36. The molecule has 20 heavy (non-hydrogen) atoms. The molecule has 2 aromatic rings. The molecule has 1 heterocycles. The highest BCUT2D eigenvalue weighted by molar-refractivity contribution is 5.86.